The van der Waals surface area contributed by atoms with Crippen LogP contribution in [-0.4, -0.2) is 0 Å². The third kappa shape index (κ3) is 1.86. The smallest absolute Gasteiger partial charge is 0.101 e. The van der Waals surface area contributed by atoms with Gasteiger partial charge in [0.15, 0.2) is 0 Å². The van der Waals surface area contributed by atoms with Gasteiger partial charge in [0, 0.05) is 10.4 Å². The van der Waals surface area contributed by atoms with Crippen molar-refractivity contribution in [3.05, 3.63) is 46.0 Å². The van der Waals surface area contributed by atoms with Crippen molar-refractivity contribution in [2.45, 2.75) is 11.8 Å². The Kier molecular flexibility index (Phi) is 2.56. The summed E-state index contributed by atoms with van der Waals surface area (Å²) in [4.78, 5) is 1.57. The van der Waals surface area contributed by atoms with Crippen LogP contribution < -0.4 is 0 Å². The molecule has 0 saturated carbocycles. The summed E-state index contributed by atoms with van der Waals surface area (Å²) < 4.78 is 5.26. The van der Waals surface area contributed by atoms with Crippen molar-refractivity contribution in [1.82, 2.24) is 0 Å². The van der Waals surface area contributed by atoms with Crippen LogP contribution in [0, 0.1) is 6.92 Å². The lowest BCUT2D eigenvalue weighted by Crippen LogP contribution is -1.84. The average Bonchev–Trinajstić information content (AvgIpc) is 2.72. The topological polar surface area (TPSA) is 13.1 Å². The number of thiophene rings is 1. The van der Waals surface area contributed by atoms with E-state index in [-0.39, 0.29) is 4.83 Å². The Bertz CT molecular complexity index is 377. The minimum Gasteiger partial charge on any atom is -0.469 e. The number of aryl methyl sites for hydroxylation is 1. The zero-order valence-electron chi connectivity index (χ0n) is 7.16. The van der Waals surface area contributed by atoms with Crippen molar-refractivity contribution in [1.29, 1.82) is 0 Å². The minimum atomic E-state index is 0.268. The highest BCUT2D eigenvalue weighted by Crippen LogP contribution is 2.34. The molecule has 1 unspecified atom stereocenters. The van der Waals surface area contributed by atoms with E-state index in [1.54, 1.807) is 17.6 Å². The van der Waals surface area contributed by atoms with E-state index < -0.39 is 0 Å². The van der Waals surface area contributed by atoms with E-state index in [2.05, 4.69) is 39.5 Å². The maximum absolute atomic E-state index is 5.26. The molecule has 13 heavy (non-hydrogen) atoms. The normalized spacial score (nSPS) is 13.1. The van der Waals surface area contributed by atoms with Crippen molar-refractivity contribution in [2.24, 2.45) is 0 Å². The number of halogens is 1. The number of hydrogen-bond donors (Lipinski definition) is 0. The molecule has 0 radical (unpaired) electrons. The summed E-state index contributed by atoms with van der Waals surface area (Å²) >= 11 is 5.38. The number of alkyl halides is 1. The van der Waals surface area contributed by atoms with Gasteiger partial charge in [-0.2, -0.15) is 0 Å². The van der Waals surface area contributed by atoms with Gasteiger partial charge in [0.2, 0.25) is 0 Å². The van der Waals surface area contributed by atoms with Crippen molar-refractivity contribution >= 4 is 27.3 Å². The Labute approximate surface area is 89.5 Å². The molecule has 0 saturated heterocycles. The molecule has 2 heterocycles. The Balaban J connectivity index is 2.28. The Morgan fingerprint density at radius 2 is 2.38 bits per heavy atom. The second-order valence-corrected chi connectivity index (χ2v) is 4.76. The number of hydrogen-bond acceptors (Lipinski definition) is 2. The van der Waals surface area contributed by atoms with Crippen LogP contribution in [-0.2, 0) is 0 Å². The lowest BCUT2D eigenvalue weighted by Gasteiger charge is -2.02. The molecule has 3 heteroatoms. The van der Waals surface area contributed by atoms with Crippen LogP contribution in [0.2, 0.25) is 0 Å². The Morgan fingerprint density at radius 3 is 2.92 bits per heavy atom. The maximum Gasteiger partial charge on any atom is 0.101 e. The molecule has 0 aliphatic rings. The van der Waals surface area contributed by atoms with Crippen molar-refractivity contribution < 1.29 is 4.42 Å². The zero-order chi connectivity index (χ0) is 9.26. The molecule has 2 rings (SSSR count). The second kappa shape index (κ2) is 3.68. The van der Waals surface area contributed by atoms with E-state index >= 15 is 0 Å². The fourth-order valence-corrected chi connectivity index (χ4v) is 2.64. The number of furan rings is 1. The van der Waals surface area contributed by atoms with Crippen LogP contribution in [0.1, 0.15) is 21.0 Å². The fourth-order valence-electron chi connectivity index (χ4n) is 1.20. The van der Waals surface area contributed by atoms with Gasteiger partial charge < -0.3 is 4.42 Å². The van der Waals surface area contributed by atoms with E-state index in [0.29, 0.717) is 0 Å². The summed E-state index contributed by atoms with van der Waals surface area (Å²) in [5.74, 6) is 0.955. The predicted molar refractivity (Wildman–Crippen MR) is 58.5 cm³/mol. The largest absolute Gasteiger partial charge is 0.469 e. The summed E-state index contributed by atoms with van der Waals surface area (Å²) in [5, 5.41) is 2.08. The molecule has 0 N–H and O–H groups in total. The van der Waals surface area contributed by atoms with Crippen LogP contribution in [0.25, 0.3) is 0 Å². The first-order valence-corrected chi connectivity index (χ1v) is 5.79. The van der Waals surface area contributed by atoms with E-state index in [9.17, 15) is 0 Å². The lowest BCUT2D eigenvalue weighted by atomic mass is 10.2. The highest BCUT2D eigenvalue weighted by atomic mass is 79.9. The predicted octanol–water partition coefficient (Wildman–Crippen LogP) is 4.13. The van der Waals surface area contributed by atoms with E-state index in [4.69, 9.17) is 4.42 Å². The van der Waals surface area contributed by atoms with Gasteiger partial charge >= 0.3 is 0 Å². The monoisotopic (exact) mass is 256 g/mol. The van der Waals surface area contributed by atoms with Crippen LogP contribution in [0.3, 0.4) is 0 Å². The highest BCUT2D eigenvalue weighted by molar-refractivity contribution is 9.09. The average molecular weight is 257 g/mol. The molecule has 1 nitrogen and oxygen atoms in total. The first-order chi connectivity index (χ1) is 6.27. The molecule has 0 aromatic carbocycles. The Morgan fingerprint density at radius 1 is 1.54 bits per heavy atom. The molecule has 2 aromatic heterocycles. The third-order valence-electron chi connectivity index (χ3n) is 1.84. The quantitative estimate of drug-likeness (QED) is 0.737. The van der Waals surface area contributed by atoms with Gasteiger partial charge in [-0.25, -0.2) is 0 Å². The van der Waals surface area contributed by atoms with Crippen LogP contribution in [0.15, 0.2) is 34.3 Å². The number of rotatable bonds is 2. The molecule has 0 amide bonds. The molecule has 0 aliphatic heterocycles. The third-order valence-corrected chi connectivity index (χ3v) is 4.10. The molecular formula is C10H9BrOS. The van der Waals surface area contributed by atoms with Gasteiger partial charge in [0.1, 0.15) is 5.76 Å². The van der Waals surface area contributed by atoms with Gasteiger partial charge in [0.25, 0.3) is 0 Å². The summed E-state index contributed by atoms with van der Waals surface area (Å²) in [6.45, 7) is 1.96. The summed E-state index contributed by atoms with van der Waals surface area (Å²) in [6, 6.07) is 6.23. The van der Waals surface area contributed by atoms with Gasteiger partial charge in [-0.15, -0.1) is 11.3 Å². The Hall–Kier alpha value is -0.540. The van der Waals surface area contributed by atoms with Crippen LogP contribution in [0.4, 0.5) is 0 Å². The highest BCUT2D eigenvalue weighted by Gasteiger charge is 2.12. The molecule has 2 aromatic rings. The standard InChI is InChI=1S/C10H9BrOS/c1-7-5-8(6-12-7)10(11)9-3-2-4-13-9/h2-6,10H,1H3. The molecule has 0 fully saturated rings. The SMILES string of the molecule is Cc1cc(C(Br)c2cccs2)co1. The zero-order valence-corrected chi connectivity index (χ0v) is 9.56. The summed E-state index contributed by atoms with van der Waals surface area (Å²) in [6.07, 6.45) is 1.80. The maximum atomic E-state index is 5.26. The van der Waals surface area contributed by atoms with E-state index in [1.807, 2.05) is 6.92 Å². The first-order valence-electron chi connectivity index (χ1n) is 4.00. The first kappa shape index (κ1) is 9.03. The second-order valence-electron chi connectivity index (χ2n) is 2.87. The van der Waals surface area contributed by atoms with Gasteiger partial charge in [-0.05, 0) is 24.4 Å². The molecule has 0 bridgehead atoms. The molecule has 0 aliphatic carbocycles. The summed E-state index contributed by atoms with van der Waals surface area (Å²) in [7, 11) is 0. The van der Waals surface area contributed by atoms with Crippen molar-refractivity contribution in [3.8, 4) is 0 Å². The van der Waals surface area contributed by atoms with Crippen LogP contribution in [0.5, 0.6) is 0 Å². The minimum absolute atomic E-state index is 0.268. The molecular weight excluding hydrogens is 248 g/mol. The summed E-state index contributed by atoms with van der Waals surface area (Å²) in [5.41, 5.74) is 1.18. The lowest BCUT2D eigenvalue weighted by molar-refractivity contribution is 0.532. The van der Waals surface area contributed by atoms with E-state index in [0.717, 1.165) is 5.76 Å². The van der Waals surface area contributed by atoms with Crippen molar-refractivity contribution in [3.63, 3.8) is 0 Å². The molecule has 0 spiro atoms. The van der Waals surface area contributed by atoms with Gasteiger partial charge in [-0.3, -0.25) is 0 Å². The molecule has 1 atom stereocenters. The van der Waals surface area contributed by atoms with Gasteiger partial charge in [0.05, 0.1) is 11.1 Å². The van der Waals surface area contributed by atoms with Crippen LogP contribution >= 0.6 is 27.3 Å². The van der Waals surface area contributed by atoms with Gasteiger partial charge in [-0.1, -0.05) is 22.0 Å². The molecule has 68 valence electrons. The van der Waals surface area contributed by atoms with E-state index in [1.165, 1.54) is 10.4 Å². The fraction of sp³-hybridized carbons (Fsp3) is 0.200. The van der Waals surface area contributed by atoms with Crippen molar-refractivity contribution in [2.75, 3.05) is 0 Å².